The Morgan fingerprint density at radius 1 is 1.29 bits per heavy atom. The molecule has 21 heavy (non-hydrogen) atoms. The molecule has 1 aromatic carbocycles. The molecule has 1 aliphatic rings. The van der Waals surface area contributed by atoms with Gasteiger partial charge in [0.25, 0.3) is 0 Å². The number of anilines is 1. The van der Waals surface area contributed by atoms with Crippen molar-refractivity contribution in [2.45, 2.75) is 46.2 Å². The summed E-state index contributed by atoms with van der Waals surface area (Å²) in [6, 6.07) is 7.62. The van der Waals surface area contributed by atoms with E-state index < -0.39 is 0 Å². The lowest BCUT2D eigenvalue weighted by atomic mass is 9.91. The molecule has 3 unspecified atom stereocenters. The molecular weight excluding hydrogens is 392 g/mol. The number of nitrogens with zero attached hydrogens (tertiary/aromatic N) is 1. The van der Waals surface area contributed by atoms with Gasteiger partial charge in [-0.1, -0.05) is 50.0 Å². The lowest BCUT2D eigenvalue weighted by Crippen LogP contribution is -2.60. The first-order chi connectivity index (χ1) is 9.93. The van der Waals surface area contributed by atoms with Crippen molar-refractivity contribution in [3.05, 3.63) is 27.1 Å². The predicted molar refractivity (Wildman–Crippen MR) is 99.1 cm³/mol. The van der Waals surface area contributed by atoms with Crippen molar-refractivity contribution in [2.75, 3.05) is 18.0 Å². The summed E-state index contributed by atoms with van der Waals surface area (Å²) in [5.41, 5.74) is 1.31. The summed E-state index contributed by atoms with van der Waals surface area (Å²) >= 11 is 7.29. The molecular formula is C17H26Br2N2. The zero-order chi connectivity index (χ0) is 15.6. The van der Waals surface area contributed by atoms with Crippen molar-refractivity contribution in [3.63, 3.8) is 0 Å². The summed E-state index contributed by atoms with van der Waals surface area (Å²) < 4.78 is 2.29. The van der Waals surface area contributed by atoms with Crippen LogP contribution in [0, 0.1) is 11.8 Å². The summed E-state index contributed by atoms with van der Waals surface area (Å²) in [5, 5.41) is 3.77. The Morgan fingerprint density at radius 2 is 2.00 bits per heavy atom. The third kappa shape index (κ3) is 4.02. The molecule has 0 bridgehead atoms. The van der Waals surface area contributed by atoms with Crippen LogP contribution in [0.15, 0.2) is 27.1 Å². The maximum Gasteiger partial charge on any atom is 0.0515 e. The van der Waals surface area contributed by atoms with Crippen LogP contribution in [0.2, 0.25) is 0 Å². The van der Waals surface area contributed by atoms with E-state index in [0.29, 0.717) is 23.9 Å². The van der Waals surface area contributed by atoms with E-state index in [1.54, 1.807) is 0 Å². The SMILES string of the molecule is CCC(C)C1CN(c2ccc(Br)cc2Br)C(C(C)C)CN1. The van der Waals surface area contributed by atoms with E-state index in [2.05, 4.69) is 88.0 Å². The molecule has 1 fully saturated rings. The van der Waals surface area contributed by atoms with Crippen molar-refractivity contribution in [2.24, 2.45) is 11.8 Å². The van der Waals surface area contributed by atoms with Crippen LogP contribution in [0.5, 0.6) is 0 Å². The van der Waals surface area contributed by atoms with Crippen LogP contribution in [-0.4, -0.2) is 25.2 Å². The number of halogens is 2. The smallest absolute Gasteiger partial charge is 0.0515 e. The number of rotatable bonds is 4. The van der Waals surface area contributed by atoms with Crippen LogP contribution in [0.4, 0.5) is 5.69 Å². The first-order valence-electron chi connectivity index (χ1n) is 7.89. The van der Waals surface area contributed by atoms with Gasteiger partial charge in [-0.25, -0.2) is 0 Å². The monoisotopic (exact) mass is 416 g/mol. The van der Waals surface area contributed by atoms with Gasteiger partial charge < -0.3 is 10.2 Å². The summed E-state index contributed by atoms with van der Waals surface area (Å²) in [6.45, 7) is 11.4. The van der Waals surface area contributed by atoms with Gasteiger partial charge in [-0.3, -0.25) is 0 Å². The maximum absolute atomic E-state index is 3.77. The van der Waals surface area contributed by atoms with Crippen LogP contribution in [-0.2, 0) is 0 Å². The molecule has 1 aliphatic heterocycles. The Balaban J connectivity index is 2.29. The van der Waals surface area contributed by atoms with Crippen molar-refractivity contribution in [3.8, 4) is 0 Å². The lowest BCUT2D eigenvalue weighted by molar-refractivity contribution is 0.281. The second-order valence-corrected chi connectivity index (χ2v) is 8.23. The molecule has 0 saturated carbocycles. The Bertz CT molecular complexity index is 476. The van der Waals surface area contributed by atoms with Crippen molar-refractivity contribution in [1.29, 1.82) is 0 Å². The van der Waals surface area contributed by atoms with Crippen molar-refractivity contribution >= 4 is 37.5 Å². The molecule has 4 heteroatoms. The minimum atomic E-state index is 0.544. The van der Waals surface area contributed by atoms with Gasteiger partial charge in [0.1, 0.15) is 0 Å². The molecule has 3 atom stereocenters. The average Bonchev–Trinajstić information content (AvgIpc) is 2.45. The maximum atomic E-state index is 3.77. The van der Waals surface area contributed by atoms with Gasteiger partial charge in [-0.15, -0.1) is 0 Å². The molecule has 1 N–H and O–H groups in total. The van der Waals surface area contributed by atoms with E-state index in [4.69, 9.17) is 0 Å². The first kappa shape index (κ1) is 17.3. The number of nitrogens with one attached hydrogen (secondary N) is 1. The predicted octanol–water partition coefficient (Wildman–Crippen LogP) is 5.06. The standard InChI is InChI=1S/C17H26Br2N2/c1-5-12(4)15-10-21(17(9-20-15)11(2)3)16-7-6-13(18)8-14(16)19/h6-8,11-12,15,17,20H,5,9-10H2,1-4H3. The van der Waals surface area contributed by atoms with E-state index in [1.807, 2.05) is 0 Å². The molecule has 2 rings (SSSR count). The lowest BCUT2D eigenvalue weighted by Gasteiger charge is -2.45. The summed E-state index contributed by atoms with van der Waals surface area (Å²) in [7, 11) is 0. The molecule has 0 radical (unpaired) electrons. The number of hydrogen-bond donors (Lipinski definition) is 1. The molecule has 1 heterocycles. The highest BCUT2D eigenvalue weighted by Crippen LogP contribution is 2.33. The number of piperazine rings is 1. The van der Waals surface area contributed by atoms with Crippen molar-refractivity contribution in [1.82, 2.24) is 5.32 Å². The third-order valence-corrected chi connectivity index (χ3v) is 5.83. The van der Waals surface area contributed by atoms with Gasteiger partial charge >= 0.3 is 0 Å². The van der Waals surface area contributed by atoms with Gasteiger partial charge in [0, 0.05) is 34.1 Å². The largest absolute Gasteiger partial charge is 0.365 e. The Labute approximate surface area is 145 Å². The highest BCUT2D eigenvalue weighted by Gasteiger charge is 2.32. The van der Waals surface area contributed by atoms with Crippen LogP contribution < -0.4 is 10.2 Å². The van der Waals surface area contributed by atoms with Crippen molar-refractivity contribution < 1.29 is 0 Å². The van der Waals surface area contributed by atoms with E-state index in [-0.39, 0.29) is 0 Å². The zero-order valence-corrected chi connectivity index (χ0v) is 16.5. The fourth-order valence-electron chi connectivity index (χ4n) is 3.05. The highest BCUT2D eigenvalue weighted by atomic mass is 79.9. The molecule has 118 valence electrons. The van der Waals surface area contributed by atoms with Gasteiger partial charge in [-0.05, 0) is 46.0 Å². The molecule has 1 aromatic rings. The van der Waals surface area contributed by atoms with E-state index in [9.17, 15) is 0 Å². The molecule has 0 aromatic heterocycles. The highest BCUT2D eigenvalue weighted by molar-refractivity contribution is 9.11. The fourth-order valence-corrected chi connectivity index (χ4v) is 4.32. The Morgan fingerprint density at radius 3 is 2.57 bits per heavy atom. The molecule has 0 amide bonds. The average molecular weight is 418 g/mol. The van der Waals surface area contributed by atoms with E-state index in [1.165, 1.54) is 16.6 Å². The zero-order valence-electron chi connectivity index (χ0n) is 13.4. The molecule has 0 spiro atoms. The van der Waals surface area contributed by atoms with Gasteiger partial charge in [-0.2, -0.15) is 0 Å². The quantitative estimate of drug-likeness (QED) is 0.736. The minimum Gasteiger partial charge on any atom is -0.365 e. The summed E-state index contributed by atoms with van der Waals surface area (Å²) in [5.74, 6) is 1.33. The Kier molecular flexibility index (Phi) is 6.15. The topological polar surface area (TPSA) is 15.3 Å². The van der Waals surface area contributed by atoms with E-state index >= 15 is 0 Å². The Hall–Kier alpha value is -0.0600. The third-order valence-electron chi connectivity index (χ3n) is 4.70. The second kappa shape index (κ2) is 7.47. The normalized spacial score (nSPS) is 24.4. The minimum absolute atomic E-state index is 0.544. The van der Waals surface area contributed by atoms with Crippen LogP contribution >= 0.6 is 31.9 Å². The van der Waals surface area contributed by atoms with Gasteiger partial charge in [0.15, 0.2) is 0 Å². The fraction of sp³-hybridized carbons (Fsp3) is 0.647. The molecule has 0 aliphatic carbocycles. The van der Waals surface area contributed by atoms with E-state index in [0.717, 1.165) is 17.6 Å². The first-order valence-corrected chi connectivity index (χ1v) is 9.47. The van der Waals surface area contributed by atoms with Crippen LogP contribution in [0.3, 0.4) is 0 Å². The number of hydrogen-bond acceptors (Lipinski definition) is 2. The van der Waals surface area contributed by atoms with Crippen LogP contribution in [0.1, 0.15) is 34.1 Å². The van der Waals surface area contributed by atoms with Gasteiger partial charge in [0.2, 0.25) is 0 Å². The number of benzene rings is 1. The van der Waals surface area contributed by atoms with Gasteiger partial charge in [0.05, 0.1) is 5.69 Å². The molecule has 2 nitrogen and oxygen atoms in total. The summed E-state index contributed by atoms with van der Waals surface area (Å²) in [4.78, 5) is 2.59. The second-order valence-electron chi connectivity index (χ2n) is 6.46. The summed E-state index contributed by atoms with van der Waals surface area (Å²) in [6.07, 6.45) is 1.22. The molecule has 1 saturated heterocycles. The van der Waals surface area contributed by atoms with Crippen LogP contribution in [0.25, 0.3) is 0 Å².